The predicted octanol–water partition coefficient (Wildman–Crippen LogP) is 15.8. The molecule has 452 valence electrons. The third-order valence-corrected chi connectivity index (χ3v) is 16.0. The van der Waals surface area contributed by atoms with Crippen molar-refractivity contribution < 1.29 is 44.7 Å². The van der Waals surface area contributed by atoms with Crippen LogP contribution in [0.1, 0.15) is 187 Å². The van der Waals surface area contributed by atoms with Gasteiger partial charge in [-0.2, -0.15) is 25.6 Å². The van der Waals surface area contributed by atoms with Gasteiger partial charge in [0.15, 0.2) is 11.4 Å². The largest absolute Gasteiger partial charge is 0.385 e. The minimum Gasteiger partial charge on any atom is -0.385 e. The maximum atomic E-state index is 15.2. The summed E-state index contributed by atoms with van der Waals surface area (Å²) in [6.07, 6.45) is 10.4. The molecule has 2 N–H and O–H groups in total. The molecule has 21 heteroatoms. The first kappa shape index (κ1) is 66.2. The molecule has 0 radical (unpaired) electrons. The van der Waals surface area contributed by atoms with Gasteiger partial charge >= 0.3 is 0 Å². The van der Waals surface area contributed by atoms with Crippen LogP contribution in [0, 0.1) is 35.8 Å². The molecule has 3 atom stereocenters. The lowest BCUT2D eigenvalue weighted by atomic mass is 9.84. The summed E-state index contributed by atoms with van der Waals surface area (Å²) < 4.78 is 118. The molecule has 1 aliphatic heterocycles. The molecular weight excluding hydrogens is 1110 g/mol. The second kappa shape index (κ2) is 29.7. The van der Waals surface area contributed by atoms with Crippen LogP contribution in [0.15, 0.2) is 41.2 Å². The Morgan fingerprint density at radius 3 is 2.21 bits per heavy atom. The van der Waals surface area contributed by atoms with Crippen LogP contribution in [0.5, 0.6) is 0 Å². The Morgan fingerprint density at radius 1 is 0.963 bits per heavy atom. The number of ketones is 1. The molecule has 0 bridgehead atoms. The number of alkyl halides is 6. The van der Waals surface area contributed by atoms with E-state index in [1.807, 2.05) is 46.3 Å². The van der Waals surface area contributed by atoms with Gasteiger partial charge in [0.05, 0.1) is 22.9 Å². The standard InChI is InChI=1S/C41H49ClF4N6O.C11H10F4N2O.C7H16O.C2H6S/c1-5-8-32(47)36-25(4)35(10-9-31(36)42)52-39(30(24(2)3)21-26-19-28(43)22-29(44)20-26)50-38-37(40(52)53)34(48-15-18-51-16-6-7-17-51)23-33(49-38)27-11-13-41(45,46)14-12-27;1-4(18)3-17-9-7(8(16-17)10(12)13)5-2-6(5)11(9,14)15;1-3-4-5-6-7-8-2;1-3-2/h9-10,19-20,22-24,27,30,47H,5-8,11-18,21H2,1-4H3,(H,48,49);5-6,10H,2-3H2,1H3;3-7H2,1-2H3;1-2H3. The number of ether oxygens (including phenoxy) is 1. The third kappa shape index (κ3) is 16.3. The number of methoxy groups -OCH3 is 1. The number of nitrogens with zero attached hydrogens (tertiary/aromatic N) is 6. The number of Topliss-reactive ketones (excluding diaryl/α,β-unsaturated/α-hetero) is 1. The van der Waals surface area contributed by atoms with Crippen LogP contribution in [0.4, 0.5) is 40.8 Å². The van der Waals surface area contributed by atoms with Crippen molar-refractivity contribution in [2.45, 2.75) is 174 Å². The lowest BCUT2D eigenvalue weighted by Gasteiger charge is -2.29. The molecule has 4 aliphatic rings. The van der Waals surface area contributed by atoms with Gasteiger partial charge in [-0.15, -0.1) is 0 Å². The highest BCUT2D eigenvalue weighted by atomic mass is 35.5. The molecule has 3 unspecified atom stereocenters. The minimum absolute atomic E-state index is 0.0266. The van der Waals surface area contributed by atoms with Gasteiger partial charge < -0.3 is 20.4 Å². The van der Waals surface area contributed by atoms with Gasteiger partial charge in [-0.1, -0.05) is 65.0 Å². The Bertz CT molecular complexity index is 3000. The Kier molecular flexibility index (Phi) is 24.0. The molecule has 1 saturated heterocycles. The number of benzene rings is 2. The number of halogens is 9. The third-order valence-electron chi connectivity index (χ3n) is 15.6. The molecule has 2 aromatic carbocycles. The van der Waals surface area contributed by atoms with Crippen LogP contribution in [0.3, 0.4) is 0 Å². The molecule has 0 amide bonds. The fourth-order valence-electron chi connectivity index (χ4n) is 11.5. The number of rotatable bonds is 21. The van der Waals surface area contributed by atoms with Gasteiger partial charge in [-0.25, -0.2) is 36.3 Å². The van der Waals surface area contributed by atoms with E-state index in [2.05, 4.69) is 22.2 Å². The van der Waals surface area contributed by atoms with Crippen molar-refractivity contribution in [1.82, 2.24) is 29.2 Å². The van der Waals surface area contributed by atoms with Crippen LogP contribution in [-0.2, 0) is 28.4 Å². The van der Waals surface area contributed by atoms with Gasteiger partial charge in [0.2, 0.25) is 5.92 Å². The first-order chi connectivity index (χ1) is 38.9. The van der Waals surface area contributed by atoms with Gasteiger partial charge in [-0.3, -0.25) is 18.8 Å². The zero-order valence-electron chi connectivity index (χ0n) is 48.8. The summed E-state index contributed by atoms with van der Waals surface area (Å²) in [6.45, 7) is 15.1. The normalized spacial score (nSPS) is 18.2. The first-order valence-corrected chi connectivity index (χ1v) is 30.7. The molecular formula is C61H81ClF8N8O3S. The predicted molar refractivity (Wildman–Crippen MR) is 313 cm³/mol. The van der Waals surface area contributed by atoms with E-state index in [4.69, 9.17) is 31.7 Å². The Labute approximate surface area is 486 Å². The maximum Gasteiger partial charge on any atom is 0.293 e. The zero-order chi connectivity index (χ0) is 60.2. The van der Waals surface area contributed by atoms with Crippen molar-refractivity contribution in [3.05, 3.63) is 109 Å². The van der Waals surface area contributed by atoms with Crippen LogP contribution >= 0.6 is 23.4 Å². The van der Waals surface area contributed by atoms with Gasteiger partial charge in [0.1, 0.15) is 34.2 Å². The van der Waals surface area contributed by atoms with Crippen molar-refractivity contribution in [3.8, 4) is 5.69 Å². The molecule has 11 nitrogen and oxygen atoms in total. The van der Waals surface area contributed by atoms with Gasteiger partial charge in [-0.05, 0) is 144 Å². The highest BCUT2D eigenvalue weighted by Gasteiger charge is 2.67. The summed E-state index contributed by atoms with van der Waals surface area (Å²) in [5, 5.41) is 16.5. The van der Waals surface area contributed by atoms with E-state index in [1.165, 1.54) is 44.7 Å². The number of likely N-dealkylation sites (tertiary alicyclic amines) is 1. The topological polar surface area (TPSA) is 131 Å². The van der Waals surface area contributed by atoms with Crippen LogP contribution in [0.2, 0.25) is 5.02 Å². The van der Waals surface area contributed by atoms with Gasteiger partial charge in [0.25, 0.3) is 17.9 Å². The number of hydrogen-bond acceptors (Lipinski definition) is 10. The highest BCUT2D eigenvalue weighted by molar-refractivity contribution is 7.97. The number of hydrogen-bond donors (Lipinski definition) is 2. The van der Waals surface area contributed by atoms with E-state index in [1.54, 1.807) is 35.6 Å². The molecule has 3 aromatic heterocycles. The first-order valence-electron chi connectivity index (χ1n) is 28.7. The summed E-state index contributed by atoms with van der Waals surface area (Å²) in [7, 11) is 1.76. The quantitative estimate of drug-likeness (QED) is 0.0419. The Hall–Kier alpha value is -4.92. The zero-order valence-corrected chi connectivity index (χ0v) is 50.4. The van der Waals surface area contributed by atoms with E-state index >= 15 is 4.79 Å². The van der Waals surface area contributed by atoms with Crippen molar-refractivity contribution in [3.63, 3.8) is 0 Å². The Morgan fingerprint density at radius 2 is 1.62 bits per heavy atom. The van der Waals surface area contributed by atoms with E-state index in [-0.39, 0.29) is 73.5 Å². The lowest BCUT2D eigenvalue weighted by molar-refractivity contribution is -0.118. The highest BCUT2D eigenvalue weighted by Crippen LogP contribution is 2.68. The van der Waals surface area contributed by atoms with E-state index < -0.39 is 70.4 Å². The summed E-state index contributed by atoms with van der Waals surface area (Å²) in [5.41, 5.74) is 2.30. The van der Waals surface area contributed by atoms with E-state index in [0.717, 1.165) is 56.3 Å². The van der Waals surface area contributed by atoms with Crippen molar-refractivity contribution in [1.29, 1.82) is 5.41 Å². The molecule has 0 spiro atoms. The number of fused-ring (bicyclic) bond motifs is 4. The van der Waals surface area contributed by atoms with Crippen molar-refractivity contribution >= 4 is 51.6 Å². The Balaban J connectivity index is 0.000000302. The monoisotopic (exact) mass is 1190 g/mol. The summed E-state index contributed by atoms with van der Waals surface area (Å²) in [4.78, 5) is 38.7. The molecule has 3 aliphatic carbocycles. The number of pyridine rings is 1. The lowest BCUT2D eigenvalue weighted by Crippen LogP contribution is -2.31. The molecule has 3 fully saturated rings. The van der Waals surface area contributed by atoms with Crippen LogP contribution in [0.25, 0.3) is 16.7 Å². The fraction of sp³-hybridized carbons (Fsp3) is 0.607. The summed E-state index contributed by atoms with van der Waals surface area (Å²) in [5.74, 6) is -9.59. The molecule has 2 saturated carbocycles. The minimum atomic E-state index is -3.14. The van der Waals surface area contributed by atoms with Crippen molar-refractivity contribution in [2.24, 2.45) is 11.8 Å². The molecule has 4 heterocycles. The maximum absolute atomic E-state index is 15.2. The number of carbonyl (C=O) groups excluding carboxylic acids is 1. The fourth-order valence-corrected chi connectivity index (χ4v) is 11.8. The number of thioether (sulfide) groups is 1. The average molecular weight is 1190 g/mol. The van der Waals surface area contributed by atoms with Crippen LogP contribution in [-0.4, -0.2) is 99.0 Å². The average Bonchev–Trinajstić information content (AvgIpc) is 1.72. The van der Waals surface area contributed by atoms with E-state index in [9.17, 15) is 39.9 Å². The number of anilines is 1. The molecule has 9 rings (SSSR count). The number of aromatic nitrogens is 5. The van der Waals surface area contributed by atoms with Gasteiger partial charge in [0, 0.05) is 86.0 Å². The molecule has 82 heavy (non-hydrogen) atoms. The SMILES string of the molecule is CC(=O)Cn1nc(C(F)F)c2c1C(F)(F)C1CC21.CCCC(=N)c1c(Cl)ccc(-n2c(C(Cc3cc(F)cc(F)c3)C(C)C)nc3nc(C4CCC(F)(F)CC4)cc(NCCN4CCCC4)c3c2=O)c1C.CCCCCCOC.CSC. The second-order valence-electron chi connectivity index (χ2n) is 22.5. The number of carbonyl (C=O) groups is 1. The smallest absolute Gasteiger partial charge is 0.293 e. The molecule has 5 aromatic rings. The second-order valence-corrected chi connectivity index (χ2v) is 23.7. The number of nitrogens with one attached hydrogen (secondary N) is 2. The van der Waals surface area contributed by atoms with Crippen molar-refractivity contribution in [2.75, 3.05) is 57.7 Å². The summed E-state index contributed by atoms with van der Waals surface area (Å²) >= 11 is 8.45. The van der Waals surface area contributed by atoms with Crippen LogP contribution < -0.4 is 10.9 Å². The number of unbranched alkanes of at least 4 members (excludes halogenated alkanes) is 3. The summed E-state index contributed by atoms with van der Waals surface area (Å²) in [6, 6.07) is 8.68. The van der Waals surface area contributed by atoms with E-state index in [0.29, 0.717) is 63.3 Å².